The summed E-state index contributed by atoms with van der Waals surface area (Å²) in [4.78, 5) is 36.2. The molecule has 3 heterocycles. The highest BCUT2D eigenvalue weighted by Crippen LogP contribution is 2.29. The largest absolute Gasteiger partial charge is 0.364 e. The normalized spacial score (nSPS) is 24.2. The van der Waals surface area contributed by atoms with E-state index >= 15 is 0 Å². The van der Waals surface area contributed by atoms with Crippen LogP contribution < -0.4 is 10.8 Å². The monoisotopic (exact) mass is 462 g/mol. The Bertz CT molecular complexity index is 837. The number of pyridine rings is 1. The van der Waals surface area contributed by atoms with Gasteiger partial charge in [-0.25, -0.2) is 15.3 Å². The van der Waals surface area contributed by atoms with Gasteiger partial charge in [-0.3, -0.25) is 9.59 Å². The number of hydrogen-bond donors (Lipinski definition) is 2. The number of rotatable bonds is 7. The third-order valence-corrected chi connectivity index (χ3v) is 6.55. The number of nitrogens with one attached hydrogen (secondary N) is 2. The number of nitrogens with zero attached hydrogens (tertiary/aromatic N) is 2. The minimum Gasteiger partial charge on any atom is -0.364 e. The fourth-order valence-electron chi connectivity index (χ4n) is 4.49. The molecule has 1 aromatic rings. The number of likely N-dealkylation sites (tertiary alicyclic amines) is 1. The molecule has 2 atom stereocenters. The van der Waals surface area contributed by atoms with E-state index in [1.54, 1.807) is 18.3 Å². The van der Waals surface area contributed by atoms with Crippen LogP contribution in [0.25, 0.3) is 6.08 Å². The number of aromatic nitrogens is 1. The van der Waals surface area contributed by atoms with Gasteiger partial charge in [0.1, 0.15) is 5.82 Å². The third kappa shape index (κ3) is 6.21. The second-order valence-corrected chi connectivity index (χ2v) is 9.12. The predicted octanol–water partition coefficient (Wildman–Crippen LogP) is 3.53. The fourth-order valence-corrected chi connectivity index (χ4v) is 4.72. The Kier molecular flexibility index (Phi) is 8.00. The summed E-state index contributed by atoms with van der Waals surface area (Å²) in [5, 5.41) is 3.83. The zero-order valence-corrected chi connectivity index (χ0v) is 19.0. The van der Waals surface area contributed by atoms with Gasteiger partial charge in [-0.15, -0.1) is 0 Å². The maximum absolute atomic E-state index is 12.6. The lowest BCUT2D eigenvalue weighted by Gasteiger charge is -2.21. The molecule has 2 aliphatic heterocycles. The smallest absolute Gasteiger partial charge is 0.267 e. The zero-order valence-electron chi connectivity index (χ0n) is 18.2. The molecule has 32 heavy (non-hydrogen) atoms. The molecule has 2 N–H and O–H groups in total. The molecule has 0 spiro atoms. The lowest BCUT2D eigenvalue weighted by molar-refractivity contribution is -0.198. The van der Waals surface area contributed by atoms with Gasteiger partial charge in [0.25, 0.3) is 5.91 Å². The molecule has 2 amide bonds. The number of amides is 2. The van der Waals surface area contributed by atoms with Crippen molar-refractivity contribution < 1.29 is 19.2 Å². The van der Waals surface area contributed by atoms with Crippen LogP contribution in [0.2, 0.25) is 5.02 Å². The number of carbonyl (C=O) groups is 2. The summed E-state index contributed by atoms with van der Waals surface area (Å²) < 4.78 is 5.40. The summed E-state index contributed by atoms with van der Waals surface area (Å²) in [6.45, 7) is 2.10. The molecule has 2 saturated heterocycles. The van der Waals surface area contributed by atoms with Crippen molar-refractivity contribution in [3.63, 3.8) is 0 Å². The van der Waals surface area contributed by atoms with E-state index < -0.39 is 0 Å². The molecule has 1 aromatic heterocycles. The lowest BCUT2D eigenvalue weighted by Crippen LogP contribution is -2.35. The second-order valence-electron chi connectivity index (χ2n) is 8.71. The van der Waals surface area contributed by atoms with Crippen LogP contribution in [-0.4, -0.2) is 53.7 Å². The van der Waals surface area contributed by atoms with Crippen LogP contribution in [0.15, 0.2) is 18.3 Å². The highest BCUT2D eigenvalue weighted by atomic mass is 35.5. The van der Waals surface area contributed by atoms with Crippen LogP contribution in [0.4, 0.5) is 5.82 Å². The highest BCUT2D eigenvalue weighted by Gasteiger charge is 2.32. The van der Waals surface area contributed by atoms with Crippen LogP contribution in [0.5, 0.6) is 0 Å². The van der Waals surface area contributed by atoms with Crippen molar-refractivity contribution in [3.8, 4) is 0 Å². The van der Waals surface area contributed by atoms with Gasteiger partial charge in [0, 0.05) is 50.3 Å². The predicted molar refractivity (Wildman–Crippen MR) is 122 cm³/mol. The Morgan fingerprint density at radius 3 is 2.75 bits per heavy atom. The molecule has 1 aliphatic carbocycles. The summed E-state index contributed by atoms with van der Waals surface area (Å²) in [5.41, 5.74) is 3.08. The van der Waals surface area contributed by atoms with E-state index in [1.807, 2.05) is 4.90 Å². The van der Waals surface area contributed by atoms with Crippen molar-refractivity contribution >= 4 is 35.3 Å². The quantitative estimate of drug-likeness (QED) is 0.475. The standard InChI is InChI=1S/C23H31ClN4O4/c24-19-13-16(8-9-20(29)27-32-21-7-3-4-12-31-21)14-25-22(19)26-18-10-11-28(15-18)23(30)17-5-1-2-6-17/h8-9,13-14,17-18,21H,1-7,10-12,15H2,(H,25,26)(H,27,29)/t18-,21?/m1/s1. The first-order chi connectivity index (χ1) is 15.6. The molecular formula is C23H31ClN4O4. The van der Waals surface area contributed by atoms with Crippen LogP contribution in [0.1, 0.15) is 56.9 Å². The van der Waals surface area contributed by atoms with Gasteiger partial charge in [-0.2, -0.15) is 0 Å². The zero-order chi connectivity index (χ0) is 22.3. The topological polar surface area (TPSA) is 92.8 Å². The highest BCUT2D eigenvalue weighted by molar-refractivity contribution is 6.33. The summed E-state index contributed by atoms with van der Waals surface area (Å²) in [6.07, 6.45) is 12.3. The maximum Gasteiger partial charge on any atom is 0.267 e. The SMILES string of the molecule is O=C(C=Cc1cnc(N[C@@H]2CCN(C(=O)C3CCCC3)C2)c(Cl)c1)NOC1CCCCO1. The van der Waals surface area contributed by atoms with Gasteiger partial charge in [-0.1, -0.05) is 24.4 Å². The van der Waals surface area contributed by atoms with Gasteiger partial charge in [0.05, 0.1) is 5.02 Å². The number of hydroxylamine groups is 1. The van der Waals surface area contributed by atoms with E-state index in [0.29, 0.717) is 35.5 Å². The van der Waals surface area contributed by atoms with Gasteiger partial charge in [0.2, 0.25) is 5.91 Å². The molecule has 3 aliphatic rings. The molecule has 0 aromatic carbocycles. The molecule has 0 bridgehead atoms. The first kappa shape index (κ1) is 23.0. The van der Waals surface area contributed by atoms with Crippen LogP contribution in [0, 0.1) is 5.92 Å². The van der Waals surface area contributed by atoms with Crippen LogP contribution >= 0.6 is 11.6 Å². The summed E-state index contributed by atoms with van der Waals surface area (Å²) >= 11 is 6.41. The van der Waals surface area contributed by atoms with Gasteiger partial charge >= 0.3 is 0 Å². The van der Waals surface area contributed by atoms with Crippen molar-refractivity contribution in [1.82, 2.24) is 15.4 Å². The number of anilines is 1. The minimum absolute atomic E-state index is 0.136. The molecule has 3 fully saturated rings. The third-order valence-electron chi connectivity index (χ3n) is 6.26. The van der Waals surface area contributed by atoms with Gasteiger partial charge < -0.3 is 15.0 Å². The Labute approximate surface area is 193 Å². The summed E-state index contributed by atoms with van der Waals surface area (Å²) in [5.74, 6) is 0.713. The Hall–Kier alpha value is -2.16. The molecule has 4 rings (SSSR count). The van der Waals surface area contributed by atoms with Crippen molar-refractivity contribution in [1.29, 1.82) is 0 Å². The molecule has 1 saturated carbocycles. The molecule has 1 unspecified atom stereocenters. The first-order valence-corrected chi connectivity index (χ1v) is 11.9. The van der Waals surface area contributed by atoms with Gasteiger partial charge in [0.15, 0.2) is 6.29 Å². The number of ether oxygens (including phenoxy) is 1. The summed E-state index contributed by atoms with van der Waals surface area (Å²) in [6, 6.07) is 1.89. The van der Waals surface area contributed by atoms with E-state index in [4.69, 9.17) is 21.2 Å². The number of carbonyl (C=O) groups excluding carboxylic acids is 2. The van der Waals surface area contributed by atoms with Crippen molar-refractivity contribution in [2.24, 2.45) is 5.92 Å². The van der Waals surface area contributed by atoms with Crippen molar-refractivity contribution in [2.45, 2.75) is 63.7 Å². The molecule has 174 valence electrons. The number of halogens is 1. The summed E-state index contributed by atoms with van der Waals surface area (Å²) in [7, 11) is 0. The van der Waals surface area contributed by atoms with Crippen molar-refractivity contribution in [3.05, 3.63) is 28.9 Å². The van der Waals surface area contributed by atoms with E-state index in [1.165, 1.54) is 6.08 Å². The average Bonchev–Trinajstić information content (AvgIpc) is 3.51. The van der Waals surface area contributed by atoms with Gasteiger partial charge in [-0.05, 0) is 49.8 Å². The molecular weight excluding hydrogens is 432 g/mol. The van der Waals surface area contributed by atoms with E-state index in [-0.39, 0.29) is 24.2 Å². The molecule has 8 nitrogen and oxygen atoms in total. The second kappa shape index (κ2) is 11.1. The average molecular weight is 463 g/mol. The van der Waals surface area contributed by atoms with Crippen molar-refractivity contribution in [2.75, 3.05) is 25.0 Å². The maximum atomic E-state index is 12.6. The Morgan fingerprint density at radius 1 is 1.19 bits per heavy atom. The van der Waals surface area contributed by atoms with E-state index in [9.17, 15) is 9.59 Å². The number of hydrogen-bond acceptors (Lipinski definition) is 6. The Morgan fingerprint density at radius 2 is 2.00 bits per heavy atom. The van der Waals surface area contributed by atoms with E-state index in [0.717, 1.165) is 57.9 Å². The first-order valence-electron chi connectivity index (χ1n) is 11.5. The van der Waals surface area contributed by atoms with Crippen LogP contribution in [-0.2, 0) is 19.2 Å². The fraction of sp³-hybridized carbons (Fsp3) is 0.609. The molecule has 9 heteroatoms. The lowest BCUT2D eigenvalue weighted by atomic mass is 10.1. The van der Waals surface area contributed by atoms with Crippen LogP contribution in [0.3, 0.4) is 0 Å². The van der Waals surface area contributed by atoms with E-state index in [2.05, 4.69) is 15.8 Å². The Balaban J connectivity index is 1.24. The minimum atomic E-state index is -0.387. The molecule has 0 radical (unpaired) electrons.